The van der Waals surface area contributed by atoms with Crippen LogP contribution in [0.4, 0.5) is 0 Å². The number of terminal acetylenes is 1. The van der Waals surface area contributed by atoms with Crippen LogP contribution in [0.1, 0.15) is 0 Å². The summed E-state index contributed by atoms with van der Waals surface area (Å²) in [5.74, 6) is 3.53. The lowest BCUT2D eigenvalue weighted by Crippen LogP contribution is -2.16. The predicted molar refractivity (Wildman–Crippen MR) is 65.5 cm³/mol. The number of fused-ring (bicyclic) bond motifs is 1. The Hall–Kier alpha value is -1.87. The molecular weight excluding hydrogens is 256 g/mol. The van der Waals surface area contributed by atoms with E-state index in [2.05, 4.69) is 5.92 Å². The highest BCUT2D eigenvalue weighted by molar-refractivity contribution is 7.91. The van der Waals surface area contributed by atoms with Gasteiger partial charge in [0.2, 0.25) is 6.79 Å². The van der Waals surface area contributed by atoms with E-state index in [1.54, 1.807) is 18.2 Å². The molecule has 0 radical (unpaired) electrons. The fourth-order valence-electron chi connectivity index (χ4n) is 1.45. The standard InChI is InChI=1S/C12H12O5S/c1-2-6-18(13,14)7-5-15-10-3-4-11-12(8-10)17-9-16-11/h1,3-4,8H,5-7,9H2. The first-order valence-corrected chi connectivity index (χ1v) is 7.09. The van der Waals surface area contributed by atoms with Gasteiger partial charge in [0.05, 0.1) is 5.75 Å². The highest BCUT2D eigenvalue weighted by Gasteiger charge is 2.14. The highest BCUT2D eigenvalue weighted by Crippen LogP contribution is 2.34. The van der Waals surface area contributed by atoms with Crippen LogP contribution in [0.5, 0.6) is 17.2 Å². The number of hydrogen-bond donors (Lipinski definition) is 0. The van der Waals surface area contributed by atoms with Crippen LogP contribution in [-0.4, -0.2) is 33.3 Å². The molecule has 0 saturated heterocycles. The van der Waals surface area contributed by atoms with Gasteiger partial charge in [0, 0.05) is 6.07 Å². The van der Waals surface area contributed by atoms with Crippen molar-refractivity contribution in [1.29, 1.82) is 0 Å². The summed E-state index contributed by atoms with van der Waals surface area (Å²) in [6.07, 6.45) is 4.96. The molecule has 0 aromatic heterocycles. The molecule has 6 heteroatoms. The first kappa shape index (κ1) is 12.6. The lowest BCUT2D eigenvalue weighted by Gasteiger charge is -2.06. The monoisotopic (exact) mass is 268 g/mol. The van der Waals surface area contributed by atoms with Crippen LogP contribution in [0, 0.1) is 12.3 Å². The van der Waals surface area contributed by atoms with E-state index in [-0.39, 0.29) is 24.9 Å². The van der Waals surface area contributed by atoms with Gasteiger partial charge in [0.1, 0.15) is 18.1 Å². The van der Waals surface area contributed by atoms with E-state index < -0.39 is 9.84 Å². The van der Waals surface area contributed by atoms with Gasteiger partial charge in [-0.25, -0.2) is 8.42 Å². The van der Waals surface area contributed by atoms with Crippen LogP contribution in [0.3, 0.4) is 0 Å². The lowest BCUT2D eigenvalue weighted by molar-refractivity contribution is 0.174. The molecule has 0 bridgehead atoms. The summed E-state index contributed by atoms with van der Waals surface area (Å²) in [4.78, 5) is 0. The molecule has 0 atom stereocenters. The van der Waals surface area contributed by atoms with E-state index in [0.29, 0.717) is 17.2 Å². The van der Waals surface area contributed by atoms with Gasteiger partial charge in [0.25, 0.3) is 0 Å². The van der Waals surface area contributed by atoms with Crippen LogP contribution < -0.4 is 14.2 Å². The molecule has 1 heterocycles. The maximum atomic E-state index is 11.3. The topological polar surface area (TPSA) is 61.8 Å². The van der Waals surface area contributed by atoms with Crippen molar-refractivity contribution >= 4 is 9.84 Å². The van der Waals surface area contributed by atoms with E-state index in [1.807, 2.05) is 0 Å². The molecular formula is C12H12O5S. The van der Waals surface area contributed by atoms with Crippen LogP contribution in [0.2, 0.25) is 0 Å². The number of rotatable bonds is 5. The molecule has 96 valence electrons. The molecule has 1 aliphatic heterocycles. The molecule has 18 heavy (non-hydrogen) atoms. The summed E-state index contributed by atoms with van der Waals surface area (Å²) >= 11 is 0. The van der Waals surface area contributed by atoms with Crippen molar-refractivity contribution < 1.29 is 22.6 Å². The zero-order chi connectivity index (χ0) is 13.0. The van der Waals surface area contributed by atoms with Gasteiger partial charge in [-0.3, -0.25) is 0 Å². The summed E-state index contributed by atoms with van der Waals surface area (Å²) in [7, 11) is -3.23. The maximum Gasteiger partial charge on any atom is 0.231 e. The zero-order valence-corrected chi connectivity index (χ0v) is 10.4. The van der Waals surface area contributed by atoms with Crippen molar-refractivity contribution in [2.45, 2.75) is 0 Å². The van der Waals surface area contributed by atoms with Gasteiger partial charge in [-0.05, 0) is 12.1 Å². The second-order valence-electron chi connectivity index (χ2n) is 3.66. The number of ether oxygens (including phenoxy) is 3. The van der Waals surface area contributed by atoms with E-state index in [4.69, 9.17) is 20.6 Å². The number of hydrogen-bond acceptors (Lipinski definition) is 5. The fourth-order valence-corrected chi connectivity index (χ4v) is 2.19. The quantitative estimate of drug-likeness (QED) is 0.741. The summed E-state index contributed by atoms with van der Waals surface area (Å²) < 4.78 is 38.3. The van der Waals surface area contributed by atoms with E-state index in [1.165, 1.54) is 0 Å². The van der Waals surface area contributed by atoms with Gasteiger partial charge in [-0.2, -0.15) is 0 Å². The Balaban J connectivity index is 1.90. The zero-order valence-electron chi connectivity index (χ0n) is 9.59. The third-order valence-electron chi connectivity index (χ3n) is 2.31. The molecule has 2 rings (SSSR count). The van der Waals surface area contributed by atoms with Gasteiger partial charge in [0.15, 0.2) is 21.3 Å². The van der Waals surface area contributed by atoms with Gasteiger partial charge in [-0.15, -0.1) is 6.42 Å². The second kappa shape index (κ2) is 5.19. The minimum Gasteiger partial charge on any atom is -0.492 e. The van der Waals surface area contributed by atoms with Crippen molar-refractivity contribution in [1.82, 2.24) is 0 Å². The molecule has 1 aromatic carbocycles. The molecule has 0 spiro atoms. The van der Waals surface area contributed by atoms with Crippen molar-refractivity contribution in [3.8, 4) is 29.6 Å². The third kappa shape index (κ3) is 3.08. The normalized spacial score (nSPS) is 13.1. The van der Waals surface area contributed by atoms with E-state index >= 15 is 0 Å². The van der Waals surface area contributed by atoms with Gasteiger partial charge < -0.3 is 14.2 Å². The van der Waals surface area contributed by atoms with Crippen LogP contribution in [-0.2, 0) is 9.84 Å². The summed E-state index contributed by atoms with van der Waals surface area (Å²) in [5.41, 5.74) is 0. The molecule has 0 amide bonds. The Morgan fingerprint density at radius 2 is 2.11 bits per heavy atom. The Labute approximate surface area is 106 Å². The van der Waals surface area contributed by atoms with Crippen molar-refractivity contribution in [3.63, 3.8) is 0 Å². The first-order valence-electron chi connectivity index (χ1n) is 5.27. The molecule has 0 unspecified atom stereocenters. The molecule has 1 aliphatic rings. The molecule has 1 aromatic rings. The average Bonchev–Trinajstić information content (AvgIpc) is 2.75. The Bertz CT molecular complexity index is 571. The Morgan fingerprint density at radius 3 is 2.89 bits per heavy atom. The lowest BCUT2D eigenvalue weighted by atomic mass is 10.3. The van der Waals surface area contributed by atoms with Crippen LogP contribution >= 0.6 is 0 Å². The van der Waals surface area contributed by atoms with Crippen molar-refractivity contribution in [2.24, 2.45) is 0 Å². The number of sulfone groups is 1. The summed E-state index contributed by atoms with van der Waals surface area (Å²) in [6.45, 7) is 0.249. The highest BCUT2D eigenvalue weighted by atomic mass is 32.2. The first-order chi connectivity index (χ1) is 8.61. The number of benzene rings is 1. The summed E-state index contributed by atoms with van der Waals surface area (Å²) in [6, 6.07) is 5.07. The Morgan fingerprint density at radius 1 is 1.33 bits per heavy atom. The molecule has 0 aliphatic carbocycles. The predicted octanol–water partition coefficient (Wildman–Crippen LogP) is 0.842. The largest absolute Gasteiger partial charge is 0.492 e. The molecule has 0 fully saturated rings. The van der Waals surface area contributed by atoms with E-state index in [9.17, 15) is 8.42 Å². The van der Waals surface area contributed by atoms with Gasteiger partial charge in [-0.1, -0.05) is 5.92 Å². The molecule has 0 N–H and O–H groups in total. The maximum absolute atomic E-state index is 11.3. The van der Waals surface area contributed by atoms with Crippen molar-refractivity contribution in [3.05, 3.63) is 18.2 Å². The van der Waals surface area contributed by atoms with E-state index in [0.717, 1.165) is 0 Å². The average molecular weight is 268 g/mol. The summed E-state index contributed by atoms with van der Waals surface area (Å²) in [5, 5.41) is 0. The molecule has 0 saturated carbocycles. The second-order valence-corrected chi connectivity index (χ2v) is 5.84. The fraction of sp³-hybridized carbons (Fsp3) is 0.333. The smallest absolute Gasteiger partial charge is 0.231 e. The SMILES string of the molecule is C#CCS(=O)(=O)CCOc1ccc2c(c1)OCO2. The third-order valence-corrected chi connectivity index (χ3v) is 3.71. The molecule has 5 nitrogen and oxygen atoms in total. The van der Waals surface area contributed by atoms with Crippen molar-refractivity contribution in [2.75, 3.05) is 24.9 Å². The van der Waals surface area contributed by atoms with Crippen LogP contribution in [0.15, 0.2) is 18.2 Å². The minimum atomic E-state index is -3.23. The van der Waals surface area contributed by atoms with Crippen LogP contribution in [0.25, 0.3) is 0 Å². The Kier molecular flexibility index (Phi) is 3.63. The minimum absolute atomic E-state index is 0.0592. The van der Waals surface area contributed by atoms with Gasteiger partial charge >= 0.3 is 0 Å².